The molecule has 5 nitrogen and oxygen atoms in total. The second kappa shape index (κ2) is 11.5. The van der Waals surface area contributed by atoms with Gasteiger partial charge in [-0.15, -0.1) is 0 Å². The van der Waals surface area contributed by atoms with E-state index in [1.807, 2.05) is 0 Å². The number of nitrogens with one attached hydrogen (secondary N) is 1. The average molecular weight is 284 g/mol. The molecular weight excluding hydrogens is 258 g/mol. The van der Waals surface area contributed by atoms with E-state index < -0.39 is 8.80 Å². The highest BCUT2D eigenvalue weighted by molar-refractivity contribution is 7.73. The fraction of sp³-hybridized carbons (Fsp3) is 1.00. The van der Waals surface area contributed by atoms with Crippen LogP contribution in [0.1, 0.15) is 12.8 Å². The number of hydrogen-bond acceptors (Lipinski definition) is 5. The Bertz CT molecular complexity index is 164. The summed E-state index contributed by atoms with van der Waals surface area (Å²) in [5.74, 6) is 1.08. The van der Waals surface area contributed by atoms with E-state index in [1.165, 1.54) is 0 Å². The van der Waals surface area contributed by atoms with Gasteiger partial charge in [0.25, 0.3) is 0 Å². The van der Waals surface area contributed by atoms with Crippen molar-refractivity contribution in [3.05, 3.63) is 0 Å². The fourth-order valence-electron chi connectivity index (χ4n) is 1.47. The van der Waals surface area contributed by atoms with Gasteiger partial charge in [0.2, 0.25) is 0 Å². The number of hydrogen-bond donors (Lipinski definition) is 1. The molecule has 0 aliphatic heterocycles. The molecule has 104 valence electrons. The maximum Gasteiger partial charge on any atom is 0.500 e. The first-order valence-electron chi connectivity index (χ1n) is 5.80. The summed E-state index contributed by atoms with van der Waals surface area (Å²) >= 11 is 1.06. The molecule has 0 amide bonds. The second-order valence-corrected chi connectivity index (χ2v) is 7.70. The van der Waals surface area contributed by atoms with Gasteiger partial charge in [0, 0.05) is 33.8 Å². The summed E-state index contributed by atoms with van der Waals surface area (Å²) in [6, 6.07) is 0.847. The van der Waals surface area contributed by atoms with Gasteiger partial charge >= 0.3 is 8.80 Å². The van der Waals surface area contributed by atoms with Crippen LogP contribution in [0, 0.1) is 0 Å². The third-order valence-corrected chi connectivity index (χ3v) is 6.09. The molecule has 0 radical (unpaired) electrons. The van der Waals surface area contributed by atoms with Gasteiger partial charge in [0.1, 0.15) is 17.8 Å². The Morgan fingerprint density at radius 3 is 2.06 bits per heavy atom. The summed E-state index contributed by atoms with van der Waals surface area (Å²) in [5.41, 5.74) is 0. The lowest BCUT2D eigenvalue weighted by Crippen LogP contribution is -2.43. The first-order chi connectivity index (χ1) is 8.24. The summed E-state index contributed by atoms with van der Waals surface area (Å²) < 4.78 is 21.0. The topological polar surface area (TPSA) is 49.0 Å². The zero-order valence-corrected chi connectivity index (χ0v) is 13.2. The Morgan fingerprint density at radius 1 is 0.941 bits per heavy atom. The van der Waals surface area contributed by atoms with Gasteiger partial charge in [-0.25, -0.2) is 0 Å². The second-order valence-electron chi connectivity index (χ2n) is 3.54. The number of rotatable bonds is 12. The molecule has 0 aromatic rings. The fourth-order valence-corrected chi connectivity index (χ4v) is 3.66. The molecule has 0 saturated carbocycles. The molecule has 0 aromatic heterocycles. The van der Waals surface area contributed by atoms with E-state index in [0.29, 0.717) is 0 Å². The zero-order valence-electron chi connectivity index (χ0n) is 11.3. The van der Waals surface area contributed by atoms with Crippen molar-refractivity contribution in [1.82, 2.24) is 5.32 Å². The van der Waals surface area contributed by atoms with Gasteiger partial charge in [-0.2, -0.15) is 4.18 Å². The molecule has 0 rings (SSSR count). The summed E-state index contributed by atoms with van der Waals surface area (Å²) in [4.78, 5) is 0. The van der Waals surface area contributed by atoms with Crippen LogP contribution >= 0.6 is 0 Å². The molecule has 0 aliphatic carbocycles. The largest absolute Gasteiger partial charge is 0.500 e. The van der Waals surface area contributed by atoms with E-state index in [1.54, 1.807) is 28.4 Å². The van der Waals surface area contributed by atoms with Gasteiger partial charge in [-0.3, -0.25) is 0 Å². The Kier molecular flexibility index (Phi) is 11.7. The predicted octanol–water partition coefficient (Wildman–Crippen LogP) is 0.611. The Balaban J connectivity index is 3.43. The summed E-state index contributed by atoms with van der Waals surface area (Å²) in [5, 5.41) is 3.38. The first kappa shape index (κ1) is 17.4. The van der Waals surface area contributed by atoms with Crippen molar-refractivity contribution in [3.63, 3.8) is 0 Å². The van der Waals surface area contributed by atoms with Crippen LogP contribution in [0.2, 0.25) is 6.04 Å². The molecule has 0 bridgehead atoms. The highest BCUT2D eigenvalue weighted by atomic mass is 32.2. The van der Waals surface area contributed by atoms with E-state index in [0.717, 1.165) is 49.8 Å². The Hall–Kier alpha value is 0.367. The van der Waals surface area contributed by atoms with Crippen molar-refractivity contribution in [2.24, 2.45) is 0 Å². The van der Waals surface area contributed by atoms with Crippen LogP contribution in [-0.2, 0) is 29.5 Å². The van der Waals surface area contributed by atoms with Crippen molar-refractivity contribution in [2.45, 2.75) is 18.9 Å². The average Bonchev–Trinajstić information content (AvgIpc) is 2.38. The van der Waals surface area contributed by atoms with Crippen molar-refractivity contribution >= 4 is 20.8 Å². The van der Waals surface area contributed by atoms with Crippen molar-refractivity contribution in [1.29, 1.82) is 0 Å². The molecule has 0 spiro atoms. The monoisotopic (exact) mass is 284 g/mol. The molecule has 0 heterocycles. The van der Waals surface area contributed by atoms with Gasteiger partial charge in [-0.05, 0) is 19.5 Å². The minimum atomic E-state index is -2.36. The predicted molar refractivity (Wildman–Crippen MR) is 74.3 cm³/mol. The highest BCUT2D eigenvalue weighted by Gasteiger charge is 2.36. The van der Waals surface area contributed by atoms with E-state index >= 15 is 0 Å². The van der Waals surface area contributed by atoms with Crippen LogP contribution in [0.25, 0.3) is 0 Å². The Morgan fingerprint density at radius 2 is 1.53 bits per heavy atom. The van der Waals surface area contributed by atoms with E-state index in [4.69, 9.17) is 17.5 Å². The van der Waals surface area contributed by atoms with Crippen molar-refractivity contribution in [2.75, 3.05) is 47.3 Å². The maximum absolute atomic E-state index is 5.34. The van der Waals surface area contributed by atoms with Crippen molar-refractivity contribution in [3.8, 4) is 0 Å². The molecule has 0 atom stereocenters. The summed E-state index contributed by atoms with van der Waals surface area (Å²) in [7, 11) is 4.31. The molecular formula is C10H26NO4SSi+. The molecule has 7 heteroatoms. The maximum atomic E-state index is 5.34. The van der Waals surface area contributed by atoms with E-state index in [9.17, 15) is 0 Å². The molecule has 17 heavy (non-hydrogen) atoms. The van der Waals surface area contributed by atoms with Crippen LogP contribution < -0.4 is 5.32 Å². The molecule has 0 unspecified atom stereocenters. The Labute approximate surface area is 110 Å². The van der Waals surface area contributed by atoms with Crippen LogP contribution in [0.5, 0.6) is 0 Å². The van der Waals surface area contributed by atoms with Crippen LogP contribution in [0.3, 0.4) is 0 Å². The molecule has 1 N–H and O–H groups in total. The van der Waals surface area contributed by atoms with Gasteiger partial charge in [0.05, 0.1) is 7.11 Å². The molecule has 0 saturated heterocycles. The quantitative estimate of drug-likeness (QED) is 0.246. The standard InChI is InChI=1S/C10H25NO4SSi/c1-12-16-9-5-7-11-8-6-10-17(13-2,14-3)15-4/h11H,5-10H2,1-4H3/p+1. The van der Waals surface area contributed by atoms with Crippen LogP contribution in [0.15, 0.2) is 0 Å². The summed E-state index contributed by atoms with van der Waals surface area (Å²) in [6.45, 7) is 1.99. The van der Waals surface area contributed by atoms with Gasteiger partial charge < -0.3 is 18.6 Å². The lowest BCUT2D eigenvalue weighted by molar-refractivity contribution is 0.123. The van der Waals surface area contributed by atoms with E-state index in [-0.39, 0.29) is 0 Å². The minimum Gasteiger partial charge on any atom is -0.377 e. The minimum absolute atomic E-state index is 0.847. The normalized spacial score (nSPS) is 12.0. The molecule has 0 fully saturated rings. The van der Waals surface area contributed by atoms with Gasteiger partial charge in [0.15, 0.2) is 0 Å². The van der Waals surface area contributed by atoms with Gasteiger partial charge in [-0.1, -0.05) is 0 Å². The van der Waals surface area contributed by atoms with Crippen LogP contribution in [-0.4, -0.2) is 56.1 Å². The SMILES string of the molecule is CO[SH+]CCCNCCC[Si](OC)(OC)OC. The number of thiol groups is 1. The zero-order chi connectivity index (χ0) is 13.0. The lowest BCUT2D eigenvalue weighted by atomic mass is 10.4. The van der Waals surface area contributed by atoms with E-state index in [2.05, 4.69) is 5.32 Å². The summed E-state index contributed by atoms with van der Waals surface area (Å²) in [6.07, 6.45) is 2.14. The third-order valence-electron chi connectivity index (χ3n) is 2.50. The lowest BCUT2D eigenvalue weighted by Gasteiger charge is -2.24. The smallest absolute Gasteiger partial charge is 0.377 e. The first-order valence-corrected chi connectivity index (χ1v) is 8.73. The molecule has 0 aromatic carbocycles. The molecule has 0 aliphatic rings. The van der Waals surface area contributed by atoms with Crippen molar-refractivity contribution < 1.29 is 17.5 Å². The highest BCUT2D eigenvalue weighted by Crippen LogP contribution is 2.14. The van der Waals surface area contributed by atoms with Crippen LogP contribution in [0.4, 0.5) is 0 Å². The third kappa shape index (κ3) is 8.14.